The summed E-state index contributed by atoms with van der Waals surface area (Å²) in [5.74, 6) is 2.91. The van der Waals surface area contributed by atoms with E-state index in [0.29, 0.717) is 11.5 Å². The number of amides is 1. The number of benzene rings is 1. The van der Waals surface area contributed by atoms with Crippen molar-refractivity contribution in [1.82, 2.24) is 15.5 Å². The Morgan fingerprint density at radius 1 is 1.13 bits per heavy atom. The van der Waals surface area contributed by atoms with Gasteiger partial charge < -0.3 is 14.5 Å². The van der Waals surface area contributed by atoms with Crippen molar-refractivity contribution in [3.05, 3.63) is 41.6 Å². The van der Waals surface area contributed by atoms with Crippen molar-refractivity contribution in [2.45, 2.75) is 62.5 Å². The van der Waals surface area contributed by atoms with Crippen LogP contribution in [0.2, 0.25) is 0 Å². The summed E-state index contributed by atoms with van der Waals surface area (Å²) in [6, 6.07) is 7.20. The first-order valence-corrected chi connectivity index (χ1v) is 12.0. The maximum absolute atomic E-state index is 12.8. The quantitative estimate of drug-likeness (QED) is 0.514. The molecule has 1 aromatic heterocycles. The van der Waals surface area contributed by atoms with Crippen LogP contribution < -0.4 is 5.32 Å². The monoisotopic (exact) mass is 441 g/mol. The fourth-order valence-corrected chi connectivity index (χ4v) is 6.94. The first kappa shape index (κ1) is 20.5. The third-order valence-corrected chi connectivity index (χ3v) is 7.88. The van der Waals surface area contributed by atoms with Crippen LogP contribution in [0.5, 0.6) is 0 Å². The van der Waals surface area contributed by atoms with Crippen molar-refractivity contribution in [3.63, 3.8) is 0 Å². The molecule has 31 heavy (non-hydrogen) atoms. The third kappa shape index (κ3) is 4.49. The van der Waals surface area contributed by atoms with E-state index >= 15 is 0 Å². The van der Waals surface area contributed by atoms with Crippen LogP contribution in [0.3, 0.4) is 0 Å². The molecule has 6 rings (SSSR count). The number of hydrogen-bond donors (Lipinski definition) is 1. The molecule has 4 aliphatic rings. The molecule has 1 amide bonds. The highest BCUT2D eigenvalue weighted by Gasteiger charge is 2.51. The van der Waals surface area contributed by atoms with E-state index in [0.717, 1.165) is 41.9 Å². The summed E-state index contributed by atoms with van der Waals surface area (Å²) in [5, 5.41) is 10.9. The maximum atomic E-state index is 12.8. The number of aryl methyl sites for hydroxylation is 1. The zero-order valence-corrected chi connectivity index (χ0v) is 18.5. The Bertz CT molecular complexity index is 953. The second kappa shape index (κ2) is 8.30. The van der Waals surface area contributed by atoms with Crippen molar-refractivity contribution in [3.8, 4) is 0 Å². The van der Waals surface area contributed by atoms with E-state index in [1.54, 1.807) is 19.1 Å². The molecule has 0 radical (unpaired) electrons. The SMILES string of the molecule is Cc1nnc(COC(=O)c2ccccc2SCC(=O)NC23CC4CC(CC(C4)C2)C3)o1. The van der Waals surface area contributed by atoms with Gasteiger partial charge in [0.1, 0.15) is 0 Å². The Balaban J connectivity index is 1.18. The Morgan fingerprint density at radius 2 is 1.81 bits per heavy atom. The topological polar surface area (TPSA) is 94.3 Å². The number of carbonyl (C=O) groups excluding carboxylic acids is 2. The third-order valence-electron chi connectivity index (χ3n) is 6.80. The molecule has 4 bridgehead atoms. The summed E-state index contributed by atoms with van der Waals surface area (Å²) in [5.41, 5.74) is 0.443. The Morgan fingerprint density at radius 3 is 2.45 bits per heavy atom. The number of carbonyl (C=O) groups is 2. The van der Waals surface area contributed by atoms with Crippen molar-refractivity contribution in [2.24, 2.45) is 17.8 Å². The number of esters is 1. The molecule has 0 saturated heterocycles. The van der Waals surface area contributed by atoms with Gasteiger partial charge in [0.15, 0.2) is 6.61 Å². The molecule has 1 N–H and O–H groups in total. The molecular formula is C23H27N3O4S. The highest BCUT2D eigenvalue weighted by molar-refractivity contribution is 8.00. The molecule has 4 saturated carbocycles. The molecule has 4 aliphatic carbocycles. The molecule has 2 aromatic rings. The number of thioether (sulfide) groups is 1. The minimum Gasteiger partial charge on any atom is -0.452 e. The molecule has 0 aliphatic heterocycles. The van der Waals surface area contributed by atoms with Gasteiger partial charge >= 0.3 is 5.97 Å². The van der Waals surface area contributed by atoms with Crippen molar-refractivity contribution >= 4 is 23.6 Å². The largest absolute Gasteiger partial charge is 0.452 e. The van der Waals surface area contributed by atoms with Crippen LogP contribution in [0.4, 0.5) is 0 Å². The molecular weight excluding hydrogens is 414 g/mol. The second-order valence-electron chi connectivity index (χ2n) is 9.32. The number of nitrogens with one attached hydrogen (secondary N) is 1. The van der Waals surface area contributed by atoms with Gasteiger partial charge in [0.05, 0.1) is 11.3 Å². The fraction of sp³-hybridized carbons (Fsp3) is 0.565. The lowest BCUT2D eigenvalue weighted by Crippen LogP contribution is -2.60. The lowest BCUT2D eigenvalue weighted by Gasteiger charge is -2.56. The molecule has 164 valence electrons. The summed E-state index contributed by atoms with van der Waals surface area (Å²) in [6.45, 7) is 1.60. The van der Waals surface area contributed by atoms with Gasteiger partial charge in [-0.1, -0.05) is 12.1 Å². The molecule has 0 atom stereocenters. The molecule has 0 spiro atoms. The predicted octanol–water partition coefficient (Wildman–Crippen LogP) is 3.91. The molecule has 0 unspecified atom stereocenters. The minimum absolute atomic E-state index is 0.00699. The summed E-state index contributed by atoms with van der Waals surface area (Å²) in [6.07, 6.45) is 7.45. The van der Waals surface area contributed by atoms with Crippen LogP contribution in [0.25, 0.3) is 0 Å². The molecule has 8 heteroatoms. The molecule has 1 heterocycles. The number of hydrogen-bond acceptors (Lipinski definition) is 7. The Kier molecular flexibility index (Phi) is 5.50. The van der Waals surface area contributed by atoms with E-state index < -0.39 is 5.97 Å². The summed E-state index contributed by atoms with van der Waals surface area (Å²) >= 11 is 1.37. The maximum Gasteiger partial charge on any atom is 0.339 e. The van der Waals surface area contributed by atoms with Crippen molar-refractivity contribution in [1.29, 1.82) is 0 Å². The van der Waals surface area contributed by atoms with Gasteiger partial charge in [-0.15, -0.1) is 22.0 Å². The van der Waals surface area contributed by atoms with E-state index in [1.165, 1.54) is 31.0 Å². The van der Waals surface area contributed by atoms with Crippen LogP contribution in [0, 0.1) is 24.7 Å². The zero-order valence-electron chi connectivity index (χ0n) is 17.6. The van der Waals surface area contributed by atoms with E-state index in [1.807, 2.05) is 12.1 Å². The minimum atomic E-state index is -0.472. The summed E-state index contributed by atoms with van der Waals surface area (Å²) in [7, 11) is 0. The summed E-state index contributed by atoms with van der Waals surface area (Å²) < 4.78 is 10.6. The van der Waals surface area contributed by atoms with Crippen LogP contribution in [-0.4, -0.2) is 33.4 Å². The highest BCUT2D eigenvalue weighted by Crippen LogP contribution is 2.55. The van der Waals surface area contributed by atoms with Crippen molar-refractivity contribution < 1.29 is 18.7 Å². The smallest absolute Gasteiger partial charge is 0.339 e. The number of nitrogens with zero attached hydrogens (tertiary/aromatic N) is 2. The summed E-state index contributed by atoms with van der Waals surface area (Å²) in [4.78, 5) is 26.1. The second-order valence-corrected chi connectivity index (χ2v) is 10.3. The average molecular weight is 442 g/mol. The first-order chi connectivity index (χ1) is 15.0. The van der Waals surface area contributed by atoms with Gasteiger partial charge in [0.25, 0.3) is 5.89 Å². The standard InChI is InChI=1S/C23H27N3O4S/c1-14-25-26-21(30-14)12-29-22(28)18-4-2-3-5-19(18)31-13-20(27)24-23-9-15-6-16(10-23)8-17(7-15)11-23/h2-5,15-17H,6-13H2,1H3,(H,24,27). The van der Waals surface area contributed by atoms with Crippen LogP contribution in [0.1, 0.15) is 60.7 Å². The lowest BCUT2D eigenvalue weighted by molar-refractivity contribution is -0.124. The molecule has 1 aromatic carbocycles. The molecule has 7 nitrogen and oxygen atoms in total. The van der Waals surface area contributed by atoms with E-state index in [9.17, 15) is 9.59 Å². The number of rotatable bonds is 7. The normalized spacial score (nSPS) is 28.5. The predicted molar refractivity (Wildman–Crippen MR) is 114 cm³/mol. The van der Waals surface area contributed by atoms with Crippen LogP contribution in [-0.2, 0) is 16.1 Å². The highest BCUT2D eigenvalue weighted by atomic mass is 32.2. The number of aromatic nitrogens is 2. The lowest BCUT2D eigenvalue weighted by atomic mass is 9.53. The Labute approximate surface area is 185 Å². The molecule has 4 fully saturated rings. The van der Waals surface area contributed by atoms with Gasteiger partial charge in [-0.25, -0.2) is 4.79 Å². The number of ether oxygens (including phenoxy) is 1. The Hall–Kier alpha value is -2.35. The van der Waals surface area contributed by atoms with Gasteiger partial charge in [-0.05, 0) is 68.4 Å². The van der Waals surface area contributed by atoms with Crippen LogP contribution in [0.15, 0.2) is 33.6 Å². The van der Waals surface area contributed by atoms with E-state index in [4.69, 9.17) is 9.15 Å². The first-order valence-electron chi connectivity index (χ1n) is 11.0. The average Bonchev–Trinajstić information content (AvgIpc) is 3.14. The van der Waals surface area contributed by atoms with Gasteiger partial charge in [-0.3, -0.25) is 4.79 Å². The van der Waals surface area contributed by atoms with Gasteiger partial charge in [-0.2, -0.15) is 0 Å². The van der Waals surface area contributed by atoms with Gasteiger partial charge in [0, 0.05) is 17.4 Å². The van der Waals surface area contributed by atoms with Crippen LogP contribution >= 0.6 is 11.8 Å². The van der Waals surface area contributed by atoms with E-state index in [-0.39, 0.29) is 29.7 Å². The van der Waals surface area contributed by atoms with Crippen molar-refractivity contribution in [2.75, 3.05) is 5.75 Å². The zero-order chi connectivity index (χ0) is 21.4. The van der Waals surface area contributed by atoms with E-state index in [2.05, 4.69) is 15.5 Å². The fourth-order valence-electron chi connectivity index (χ4n) is 6.10. The van der Waals surface area contributed by atoms with Gasteiger partial charge in [0.2, 0.25) is 11.8 Å².